The molecule has 0 unspecified atom stereocenters. The molecule has 3 N–H and O–H groups in total. The second-order valence-electron chi connectivity index (χ2n) is 6.41. The van der Waals surface area contributed by atoms with E-state index < -0.39 is 11.8 Å². The Kier molecular flexibility index (Phi) is 10.2. The van der Waals surface area contributed by atoms with Gasteiger partial charge in [-0.3, -0.25) is 9.59 Å². The number of nitrogens with zero attached hydrogens (tertiary/aromatic N) is 1. The Labute approximate surface area is 200 Å². The zero-order chi connectivity index (χ0) is 24.2. The van der Waals surface area contributed by atoms with Crippen molar-refractivity contribution in [3.05, 3.63) is 58.6 Å². The lowest BCUT2D eigenvalue weighted by Gasteiger charge is -2.13. The van der Waals surface area contributed by atoms with Crippen molar-refractivity contribution in [2.75, 3.05) is 26.4 Å². The van der Waals surface area contributed by atoms with Crippen LogP contribution in [0.4, 0.5) is 0 Å². The van der Waals surface area contributed by atoms with Crippen LogP contribution in [-0.4, -0.2) is 44.5 Å². The molecule has 0 spiro atoms. The summed E-state index contributed by atoms with van der Waals surface area (Å²) in [6.45, 7) is 8.11. The number of rotatable bonds is 13. The highest BCUT2D eigenvalue weighted by molar-refractivity contribution is 9.10. The van der Waals surface area contributed by atoms with E-state index >= 15 is 0 Å². The smallest absolute Gasteiger partial charge is 0.271 e. The van der Waals surface area contributed by atoms with Gasteiger partial charge in [0, 0.05) is 5.56 Å². The van der Waals surface area contributed by atoms with Crippen LogP contribution in [0.3, 0.4) is 0 Å². The van der Waals surface area contributed by atoms with Crippen LogP contribution in [0.25, 0.3) is 0 Å². The predicted molar refractivity (Wildman–Crippen MR) is 128 cm³/mol. The molecule has 0 radical (unpaired) electrons. The van der Waals surface area contributed by atoms with Gasteiger partial charge in [0.2, 0.25) is 0 Å². The van der Waals surface area contributed by atoms with Crippen LogP contribution in [0.2, 0.25) is 0 Å². The van der Waals surface area contributed by atoms with Crippen molar-refractivity contribution in [1.82, 2.24) is 5.43 Å². The third kappa shape index (κ3) is 7.83. The summed E-state index contributed by atoms with van der Waals surface area (Å²) in [6, 6.07) is 8.22. The van der Waals surface area contributed by atoms with Crippen LogP contribution in [0.5, 0.6) is 23.0 Å². The Hall–Kier alpha value is -3.53. The third-order valence-electron chi connectivity index (χ3n) is 3.93. The largest absolute Gasteiger partial charge is 0.490 e. The number of hydrogen-bond acceptors (Lipinski definition) is 7. The normalized spacial score (nSPS) is 10.5. The Morgan fingerprint density at radius 1 is 1.06 bits per heavy atom. The number of primary amides is 1. The molecule has 2 amide bonds. The molecule has 2 rings (SSSR count). The fraction of sp³-hybridized carbons (Fsp3) is 0.261. The van der Waals surface area contributed by atoms with E-state index in [9.17, 15) is 9.59 Å². The van der Waals surface area contributed by atoms with Crippen LogP contribution < -0.4 is 30.1 Å². The summed E-state index contributed by atoms with van der Waals surface area (Å²) < 4.78 is 22.6. The highest BCUT2D eigenvalue weighted by atomic mass is 79.9. The highest BCUT2D eigenvalue weighted by Gasteiger charge is 2.14. The molecule has 0 heterocycles. The first kappa shape index (κ1) is 25.7. The number of nitrogens with two attached hydrogens (primary N) is 1. The Morgan fingerprint density at radius 2 is 1.79 bits per heavy atom. The SMILES string of the molecule is C=CCOc1ccc(C(=O)N/N=C/c2cc(Br)c(OCC(N)=O)c(OCC)c2)cc1OCC. The van der Waals surface area contributed by atoms with Gasteiger partial charge in [-0.15, -0.1) is 0 Å². The van der Waals surface area contributed by atoms with Crippen molar-refractivity contribution in [2.24, 2.45) is 10.8 Å². The molecule has 0 aliphatic carbocycles. The first-order valence-electron chi connectivity index (χ1n) is 10.1. The van der Waals surface area contributed by atoms with E-state index in [4.69, 9.17) is 24.7 Å². The van der Waals surface area contributed by atoms with Crippen molar-refractivity contribution >= 4 is 34.0 Å². The maximum atomic E-state index is 12.5. The minimum atomic E-state index is -0.606. The summed E-state index contributed by atoms with van der Waals surface area (Å²) in [7, 11) is 0. The topological polar surface area (TPSA) is 121 Å². The second kappa shape index (κ2) is 13.1. The zero-order valence-corrected chi connectivity index (χ0v) is 20.0. The van der Waals surface area contributed by atoms with Crippen molar-refractivity contribution in [1.29, 1.82) is 0 Å². The van der Waals surface area contributed by atoms with E-state index in [0.29, 0.717) is 58.4 Å². The summed E-state index contributed by atoms with van der Waals surface area (Å²) in [6.07, 6.45) is 3.07. The molecule has 176 valence electrons. The minimum absolute atomic E-state index is 0.288. The predicted octanol–water partition coefficient (Wildman–Crippen LogP) is 3.44. The number of carbonyl (C=O) groups is 2. The summed E-state index contributed by atoms with van der Waals surface area (Å²) in [5, 5.41) is 4.01. The van der Waals surface area contributed by atoms with Gasteiger partial charge in [-0.25, -0.2) is 5.43 Å². The summed E-state index contributed by atoms with van der Waals surface area (Å²) in [4.78, 5) is 23.5. The molecule has 2 aromatic rings. The summed E-state index contributed by atoms with van der Waals surface area (Å²) >= 11 is 3.38. The Balaban J connectivity index is 2.15. The quantitative estimate of drug-likeness (QED) is 0.237. The highest BCUT2D eigenvalue weighted by Crippen LogP contribution is 2.36. The molecular weight excluding hydrogens is 494 g/mol. The van der Waals surface area contributed by atoms with Crippen molar-refractivity contribution in [3.63, 3.8) is 0 Å². The molecule has 0 fully saturated rings. The number of carbonyl (C=O) groups excluding carboxylic acids is 2. The average molecular weight is 520 g/mol. The molecule has 0 aliphatic heterocycles. The molecule has 9 nitrogen and oxygen atoms in total. The molecule has 0 saturated heterocycles. The molecule has 0 atom stereocenters. The van der Waals surface area contributed by atoms with Gasteiger partial charge in [0.15, 0.2) is 29.6 Å². The number of amides is 2. The van der Waals surface area contributed by atoms with E-state index in [1.165, 1.54) is 6.21 Å². The van der Waals surface area contributed by atoms with Gasteiger partial charge in [0.25, 0.3) is 11.8 Å². The Morgan fingerprint density at radius 3 is 2.45 bits per heavy atom. The van der Waals surface area contributed by atoms with Crippen LogP contribution in [-0.2, 0) is 4.79 Å². The van der Waals surface area contributed by atoms with E-state index in [-0.39, 0.29) is 6.61 Å². The maximum absolute atomic E-state index is 12.5. The van der Waals surface area contributed by atoms with Gasteiger partial charge in [-0.05, 0) is 65.7 Å². The Bertz CT molecular complexity index is 1030. The lowest BCUT2D eigenvalue weighted by atomic mass is 10.2. The molecule has 10 heteroatoms. The number of halogens is 1. The van der Waals surface area contributed by atoms with Crippen molar-refractivity contribution in [3.8, 4) is 23.0 Å². The summed E-state index contributed by atoms with van der Waals surface area (Å²) in [5.74, 6) is 0.687. The van der Waals surface area contributed by atoms with Crippen LogP contribution in [0.1, 0.15) is 29.8 Å². The number of nitrogens with one attached hydrogen (secondary N) is 1. The van der Waals surface area contributed by atoms with E-state index in [2.05, 4.69) is 33.0 Å². The van der Waals surface area contributed by atoms with Gasteiger partial charge < -0.3 is 24.7 Å². The van der Waals surface area contributed by atoms with Gasteiger partial charge in [0.1, 0.15) is 6.61 Å². The monoisotopic (exact) mass is 519 g/mol. The summed E-state index contributed by atoms with van der Waals surface area (Å²) in [5.41, 5.74) is 8.60. The molecular formula is C23H26BrN3O6. The first-order valence-corrected chi connectivity index (χ1v) is 10.9. The third-order valence-corrected chi connectivity index (χ3v) is 4.52. The average Bonchev–Trinajstić information content (AvgIpc) is 2.77. The standard InChI is InChI=1S/C23H26BrN3O6/c1-4-9-32-18-8-7-16(12-19(18)30-5-2)23(29)27-26-13-15-10-17(24)22(33-14-21(25)28)20(11-15)31-6-3/h4,7-8,10-13H,1,5-6,9,14H2,2-3H3,(H2,25,28)(H,27,29)/b26-13+. The molecule has 0 saturated carbocycles. The van der Waals surface area contributed by atoms with Gasteiger partial charge >= 0.3 is 0 Å². The van der Waals surface area contributed by atoms with E-state index in [1.807, 2.05) is 13.8 Å². The molecule has 33 heavy (non-hydrogen) atoms. The van der Waals surface area contributed by atoms with Crippen LogP contribution >= 0.6 is 15.9 Å². The van der Waals surface area contributed by atoms with Gasteiger partial charge in [-0.1, -0.05) is 12.7 Å². The molecule has 2 aromatic carbocycles. The van der Waals surface area contributed by atoms with Crippen LogP contribution in [0.15, 0.2) is 52.6 Å². The number of hydrazone groups is 1. The van der Waals surface area contributed by atoms with E-state index in [0.717, 1.165) is 0 Å². The zero-order valence-electron chi connectivity index (χ0n) is 18.4. The number of hydrogen-bond donors (Lipinski definition) is 2. The lowest BCUT2D eigenvalue weighted by Crippen LogP contribution is -2.20. The maximum Gasteiger partial charge on any atom is 0.271 e. The van der Waals surface area contributed by atoms with Crippen molar-refractivity contribution < 1.29 is 28.5 Å². The molecule has 0 aliphatic rings. The van der Waals surface area contributed by atoms with E-state index in [1.54, 1.807) is 36.4 Å². The van der Waals surface area contributed by atoms with Crippen molar-refractivity contribution in [2.45, 2.75) is 13.8 Å². The molecule has 0 aromatic heterocycles. The minimum Gasteiger partial charge on any atom is -0.490 e. The number of benzene rings is 2. The van der Waals surface area contributed by atoms with Gasteiger partial charge in [0.05, 0.1) is 23.9 Å². The number of ether oxygens (including phenoxy) is 4. The fourth-order valence-corrected chi connectivity index (χ4v) is 3.20. The molecule has 0 bridgehead atoms. The van der Waals surface area contributed by atoms with Crippen LogP contribution in [0, 0.1) is 0 Å². The van der Waals surface area contributed by atoms with Gasteiger partial charge in [-0.2, -0.15) is 5.10 Å². The lowest BCUT2D eigenvalue weighted by molar-refractivity contribution is -0.119. The fourth-order valence-electron chi connectivity index (χ4n) is 2.62. The first-order chi connectivity index (χ1) is 15.9. The second-order valence-corrected chi connectivity index (χ2v) is 7.27.